The molecular formula is C32H33F4O6S2-. The molecule has 8 aliphatic rings. The fourth-order valence-corrected chi connectivity index (χ4v) is 13.3. The molecule has 0 radical (unpaired) electrons. The highest BCUT2D eigenvalue weighted by molar-refractivity contribution is 7.87. The lowest BCUT2D eigenvalue weighted by Crippen LogP contribution is -2.50. The summed E-state index contributed by atoms with van der Waals surface area (Å²) in [5.41, 5.74) is 0.635. The Morgan fingerprint density at radius 2 is 1.05 bits per heavy atom. The van der Waals surface area contributed by atoms with Gasteiger partial charge in [-0.2, -0.15) is 17.2 Å². The highest BCUT2D eigenvalue weighted by Gasteiger charge is 2.55. The fraction of sp³-hybridized carbons (Fsp3) is 0.625. The minimum atomic E-state index is -5.97. The second-order valence-electron chi connectivity index (χ2n) is 15.0. The predicted molar refractivity (Wildman–Crippen MR) is 148 cm³/mol. The van der Waals surface area contributed by atoms with Gasteiger partial charge < -0.3 is 8.74 Å². The van der Waals surface area contributed by atoms with E-state index in [1.807, 2.05) is 12.1 Å². The number of hydrogen-bond acceptors (Lipinski definition) is 6. The lowest BCUT2D eigenvalue weighted by molar-refractivity contribution is -0.00808. The van der Waals surface area contributed by atoms with Crippen LogP contribution in [0.3, 0.4) is 0 Å². The van der Waals surface area contributed by atoms with Crippen molar-refractivity contribution in [1.29, 1.82) is 0 Å². The molecule has 0 atom stereocenters. The average Bonchev–Trinajstić information content (AvgIpc) is 2.92. The van der Waals surface area contributed by atoms with Crippen molar-refractivity contribution in [3.8, 4) is 5.75 Å². The van der Waals surface area contributed by atoms with Gasteiger partial charge in [-0.1, -0.05) is 12.1 Å². The van der Waals surface area contributed by atoms with Gasteiger partial charge >= 0.3 is 10.1 Å². The summed E-state index contributed by atoms with van der Waals surface area (Å²) < 4.78 is 126. The van der Waals surface area contributed by atoms with Crippen LogP contribution in [0.25, 0.3) is 0 Å². The smallest absolute Gasteiger partial charge is 0.339 e. The number of benzene rings is 2. The molecule has 8 aliphatic carbocycles. The third-order valence-corrected chi connectivity index (χ3v) is 14.3. The number of hydrogen-bond donors (Lipinski definition) is 0. The zero-order chi connectivity index (χ0) is 31.0. The van der Waals surface area contributed by atoms with Crippen LogP contribution < -0.4 is 4.18 Å². The molecule has 6 nitrogen and oxygen atoms in total. The molecule has 0 unspecified atom stereocenters. The molecule has 0 saturated heterocycles. The van der Waals surface area contributed by atoms with E-state index in [-0.39, 0.29) is 10.3 Å². The maximum atomic E-state index is 15.0. The van der Waals surface area contributed by atoms with Crippen molar-refractivity contribution in [3.05, 3.63) is 52.6 Å². The van der Waals surface area contributed by atoms with Gasteiger partial charge in [-0.05, 0) is 141 Å². The van der Waals surface area contributed by atoms with E-state index >= 15 is 8.78 Å². The van der Waals surface area contributed by atoms with Crippen LogP contribution in [-0.4, -0.2) is 21.4 Å². The first-order valence-corrected chi connectivity index (χ1v) is 18.4. The monoisotopic (exact) mass is 653 g/mol. The molecule has 0 spiro atoms. The largest absolute Gasteiger partial charge is 0.744 e. The van der Waals surface area contributed by atoms with Crippen molar-refractivity contribution >= 4 is 20.2 Å². The van der Waals surface area contributed by atoms with Crippen molar-refractivity contribution in [2.24, 2.45) is 35.5 Å². The molecule has 0 heterocycles. The maximum Gasteiger partial charge on any atom is 0.339 e. The first-order chi connectivity index (χ1) is 20.7. The second kappa shape index (κ2) is 9.44. The van der Waals surface area contributed by atoms with E-state index < -0.39 is 59.6 Å². The Hall–Kier alpha value is -2.18. The van der Waals surface area contributed by atoms with Crippen molar-refractivity contribution in [1.82, 2.24) is 0 Å². The Balaban J connectivity index is 1.27. The van der Waals surface area contributed by atoms with Gasteiger partial charge in [-0.25, -0.2) is 17.2 Å². The zero-order valence-electron chi connectivity index (χ0n) is 24.0. The van der Waals surface area contributed by atoms with Crippen molar-refractivity contribution in [2.75, 3.05) is 0 Å². The Bertz CT molecular complexity index is 1710. The third-order valence-electron chi connectivity index (χ3n) is 12.1. The van der Waals surface area contributed by atoms with Crippen LogP contribution in [0.5, 0.6) is 5.75 Å². The highest BCUT2D eigenvalue weighted by atomic mass is 32.2. The summed E-state index contributed by atoms with van der Waals surface area (Å²) in [6.45, 7) is 0. The minimum Gasteiger partial charge on any atom is -0.744 e. The van der Waals surface area contributed by atoms with Crippen LogP contribution in [0.15, 0.2) is 28.0 Å². The normalized spacial score (nSPS) is 37.1. The first-order valence-electron chi connectivity index (χ1n) is 15.6. The molecule has 0 aromatic heterocycles. The third kappa shape index (κ3) is 4.32. The quantitative estimate of drug-likeness (QED) is 0.146. The molecule has 2 aromatic rings. The summed E-state index contributed by atoms with van der Waals surface area (Å²) in [5.74, 6) is -8.81. The van der Waals surface area contributed by atoms with Crippen LogP contribution in [0.1, 0.15) is 88.2 Å². The molecular weight excluding hydrogens is 620 g/mol. The minimum absolute atomic E-state index is 0.224. The zero-order valence-corrected chi connectivity index (χ0v) is 25.6. The molecule has 238 valence electrons. The summed E-state index contributed by atoms with van der Waals surface area (Å²) in [6, 6.07) is 5.45. The standard InChI is InChI=1S/C32H34F4O6S2/c33-25-27(35)30(43(37,38)39)28(36)26(34)29(25)42-44(40,41)24-9-22(31-10-16-3-17(11-31)5-18(4-16)12-31)1-2-23(24)32-13-19-6-20(14-32)8-21(7-19)15-32/h1-2,9,16-21H,3-8,10-15H2,(H,37,38,39)/p-1. The van der Waals surface area contributed by atoms with Crippen LogP contribution >= 0.6 is 0 Å². The molecule has 8 bridgehead atoms. The highest BCUT2D eigenvalue weighted by Crippen LogP contribution is 2.63. The summed E-state index contributed by atoms with van der Waals surface area (Å²) in [7, 11) is -11.1. The van der Waals surface area contributed by atoms with E-state index in [9.17, 15) is 30.2 Å². The van der Waals surface area contributed by atoms with Crippen molar-refractivity contribution in [2.45, 2.75) is 97.7 Å². The van der Waals surface area contributed by atoms with E-state index in [0.717, 1.165) is 63.4 Å². The molecule has 10 rings (SSSR count). The van der Waals surface area contributed by atoms with Crippen LogP contribution in [0, 0.1) is 58.8 Å². The van der Waals surface area contributed by atoms with E-state index in [1.165, 1.54) is 19.3 Å². The summed E-state index contributed by atoms with van der Waals surface area (Å²) in [4.78, 5) is -2.62. The molecule has 2 aromatic carbocycles. The number of halogens is 4. The van der Waals surface area contributed by atoms with Crippen LogP contribution in [0.2, 0.25) is 0 Å². The van der Waals surface area contributed by atoms with Gasteiger partial charge in [0.25, 0.3) is 0 Å². The molecule has 0 N–H and O–H groups in total. The van der Waals surface area contributed by atoms with Gasteiger partial charge in [-0.15, -0.1) is 0 Å². The summed E-state index contributed by atoms with van der Waals surface area (Å²) in [5, 5.41) is 0. The summed E-state index contributed by atoms with van der Waals surface area (Å²) in [6.07, 6.45) is 11.9. The maximum absolute atomic E-state index is 15.0. The van der Waals surface area contributed by atoms with Gasteiger partial charge in [0.05, 0.1) is 0 Å². The lowest BCUT2D eigenvalue weighted by atomic mass is 9.47. The lowest BCUT2D eigenvalue weighted by Gasteiger charge is -2.58. The first kappa shape index (κ1) is 29.2. The SMILES string of the molecule is O=S(=O)([O-])c1c(F)c(F)c(OS(=O)(=O)c2cc(C34CC5CC(CC(C5)C3)C4)ccc2C23CC4CC(CC(C4)C2)C3)c(F)c1F. The van der Waals surface area contributed by atoms with Crippen LogP contribution in [0.4, 0.5) is 17.6 Å². The summed E-state index contributed by atoms with van der Waals surface area (Å²) >= 11 is 0. The van der Waals surface area contributed by atoms with E-state index in [1.54, 1.807) is 6.07 Å². The van der Waals surface area contributed by atoms with E-state index in [0.29, 0.717) is 41.1 Å². The predicted octanol–water partition coefficient (Wildman–Crippen LogP) is 6.85. The van der Waals surface area contributed by atoms with Crippen molar-refractivity contribution < 1.29 is 43.1 Å². The van der Waals surface area contributed by atoms with Crippen LogP contribution in [-0.2, 0) is 31.1 Å². The van der Waals surface area contributed by atoms with Gasteiger partial charge in [-0.3, -0.25) is 0 Å². The molecule has 0 aliphatic heterocycles. The molecule has 12 heteroatoms. The Morgan fingerprint density at radius 1 is 0.636 bits per heavy atom. The molecule has 0 amide bonds. The Morgan fingerprint density at radius 3 is 1.45 bits per heavy atom. The fourth-order valence-electron chi connectivity index (χ4n) is 11.4. The molecule has 8 fully saturated rings. The van der Waals surface area contributed by atoms with E-state index in [2.05, 4.69) is 0 Å². The molecule has 8 saturated carbocycles. The topological polar surface area (TPSA) is 101 Å². The Kier molecular flexibility index (Phi) is 6.27. The molecule has 44 heavy (non-hydrogen) atoms. The van der Waals surface area contributed by atoms with Crippen molar-refractivity contribution in [3.63, 3.8) is 0 Å². The van der Waals surface area contributed by atoms with E-state index in [4.69, 9.17) is 4.18 Å². The Labute approximate surface area is 254 Å². The van der Waals surface area contributed by atoms with Gasteiger partial charge in [0.1, 0.15) is 19.9 Å². The van der Waals surface area contributed by atoms with Gasteiger partial charge in [0, 0.05) is 0 Å². The van der Waals surface area contributed by atoms with Gasteiger partial charge in [0.2, 0.25) is 17.4 Å². The van der Waals surface area contributed by atoms with Gasteiger partial charge in [0.15, 0.2) is 11.6 Å². The second-order valence-corrected chi connectivity index (χ2v) is 17.8. The number of rotatable bonds is 6. The average molecular weight is 654 g/mol.